The van der Waals surface area contributed by atoms with Crippen LogP contribution in [0, 0.1) is 0 Å². The lowest BCUT2D eigenvalue weighted by Gasteiger charge is -2.16. The zero-order valence-corrected chi connectivity index (χ0v) is 7.69. The summed E-state index contributed by atoms with van der Waals surface area (Å²) in [6.07, 6.45) is 0. The Balaban J connectivity index is 2.86. The van der Waals surface area contributed by atoms with E-state index in [1.807, 2.05) is 18.2 Å². The first-order valence-electron chi connectivity index (χ1n) is 3.72. The third-order valence-corrected chi connectivity index (χ3v) is 1.99. The van der Waals surface area contributed by atoms with E-state index < -0.39 is 0 Å². The number of nitrogens with zero attached hydrogens (tertiary/aromatic N) is 1. The van der Waals surface area contributed by atoms with Crippen molar-refractivity contribution in [3.63, 3.8) is 0 Å². The third-order valence-electron chi connectivity index (χ3n) is 1.73. The summed E-state index contributed by atoms with van der Waals surface area (Å²) in [7, 11) is 2.06. The normalized spacial score (nSPS) is 9.64. The molecular formula is C9H12NS. The molecule has 1 radical (unpaired) electrons. The fourth-order valence-electron chi connectivity index (χ4n) is 0.904. The largest absolute Gasteiger partial charge is 0.375 e. The van der Waals surface area contributed by atoms with Crippen LogP contribution in [0.15, 0.2) is 29.2 Å². The van der Waals surface area contributed by atoms with Crippen LogP contribution >= 0.6 is 12.6 Å². The number of rotatable bonds is 2. The SMILES string of the molecule is CCN(C)c1cccc([S])c1. The second-order valence-electron chi connectivity index (χ2n) is 2.51. The Hall–Kier alpha value is -0.760. The van der Waals surface area contributed by atoms with Gasteiger partial charge >= 0.3 is 0 Å². The second-order valence-corrected chi connectivity index (χ2v) is 2.98. The van der Waals surface area contributed by atoms with Crippen LogP contribution in [-0.4, -0.2) is 13.6 Å². The van der Waals surface area contributed by atoms with E-state index in [9.17, 15) is 0 Å². The van der Waals surface area contributed by atoms with E-state index in [0.29, 0.717) is 0 Å². The first kappa shape index (κ1) is 8.34. The molecule has 0 amide bonds. The minimum Gasteiger partial charge on any atom is -0.375 e. The Morgan fingerprint density at radius 3 is 2.73 bits per heavy atom. The lowest BCUT2D eigenvalue weighted by Crippen LogP contribution is -2.15. The molecule has 0 bridgehead atoms. The molecule has 0 aromatic heterocycles. The van der Waals surface area contributed by atoms with Gasteiger partial charge in [0.25, 0.3) is 0 Å². The van der Waals surface area contributed by atoms with Gasteiger partial charge in [-0.2, -0.15) is 0 Å². The van der Waals surface area contributed by atoms with E-state index in [2.05, 4.69) is 24.9 Å². The van der Waals surface area contributed by atoms with E-state index in [0.717, 1.165) is 11.4 Å². The van der Waals surface area contributed by atoms with Crippen molar-refractivity contribution in [1.82, 2.24) is 0 Å². The Morgan fingerprint density at radius 1 is 1.45 bits per heavy atom. The third kappa shape index (κ3) is 2.09. The van der Waals surface area contributed by atoms with E-state index in [-0.39, 0.29) is 0 Å². The van der Waals surface area contributed by atoms with Crippen LogP contribution in [0.25, 0.3) is 0 Å². The summed E-state index contributed by atoms with van der Waals surface area (Å²) < 4.78 is 0. The molecule has 0 spiro atoms. The second kappa shape index (κ2) is 3.58. The molecule has 1 aromatic rings. The summed E-state index contributed by atoms with van der Waals surface area (Å²) >= 11 is 5.04. The average molecular weight is 166 g/mol. The smallest absolute Gasteiger partial charge is 0.0397 e. The van der Waals surface area contributed by atoms with Gasteiger partial charge in [-0.25, -0.2) is 0 Å². The number of anilines is 1. The maximum Gasteiger partial charge on any atom is 0.0397 e. The maximum absolute atomic E-state index is 5.04. The van der Waals surface area contributed by atoms with Gasteiger partial charge < -0.3 is 4.90 Å². The van der Waals surface area contributed by atoms with E-state index in [1.165, 1.54) is 5.69 Å². The molecule has 1 aromatic carbocycles. The number of benzene rings is 1. The van der Waals surface area contributed by atoms with Gasteiger partial charge in [-0.15, -0.1) is 0 Å². The van der Waals surface area contributed by atoms with Crippen molar-refractivity contribution in [2.24, 2.45) is 0 Å². The van der Waals surface area contributed by atoms with E-state index >= 15 is 0 Å². The molecule has 0 heterocycles. The Labute approximate surface area is 73.4 Å². The van der Waals surface area contributed by atoms with Crippen LogP contribution in [-0.2, 0) is 0 Å². The monoisotopic (exact) mass is 166 g/mol. The van der Waals surface area contributed by atoms with Crippen LogP contribution in [0.1, 0.15) is 6.92 Å². The number of hydrogen-bond acceptors (Lipinski definition) is 1. The van der Waals surface area contributed by atoms with Crippen LogP contribution in [0.2, 0.25) is 0 Å². The lowest BCUT2D eigenvalue weighted by atomic mass is 10.3. The van der Waals surface area contributed by atoms with Crippen LogP contribution in [0.3, 0.4) is 0 Å². The van der Waals surface area contributed by atoms with Crippen molar-refractivity contribution >= 4 is 18.3 Å². The van der Waals surface area contributed by atoms with Crippen LogP contribution < -0.4 is 4.90 Å². The van der Waals surface area contributed by atoms with Gasteiger partial charge in [0.2, 0.25) is 0 Å². The first-order chi connectivity index (χ1) is 5.24. The Morgan fingerprint density at radius 2 is 2.18 bits per heavy atom. The molecule has 11 heavy (non-hydrogen) atoms. The van der Waals surface area contributed by atoms with Gasteiger partial charge in [0, 0.05) is 24.2 Å². The van der Waals surface area contributed by atoms with Gasteiger partial charge in [-0.3, -0.25) is 0 Å². The molecule has 0 unspecified atom stereocenters. The van der Waals surface area contributed by atoms with Crippen molar-refractivity contribution in [2.75, 3.05) is 18.5 Å². The zero-order chi connectivity index (χ0) is 8.27. The summed E-state index contributed by atoms with van der Waals surface area (Å²) in [4.78, 5) is 3.07. The molecular weight excluding hydrogens is 154 g/mol. The zero-order valence-electron chi connectivity index (χ0n) is 6.87. The highest BCUT2D eigenvalue weighted by Gasteiger charge is 1.96. The molecule has 0 saturated carbocycles. The molecule has 0 fully saturated rings. The van der Waals surface area contributed by atoms with Crippen LogP contribution in [0.4, 0.5) is 5.69 Å². The lowest BCUT2D eigenvalue weighted by molar-refractivity contribution is 0.965. The van der Waals surface area contributed by atoms with Gasteiger partial charge in [0.05, 0.1) is 0 Å². The fraction of sp³-hybridized carbons (Fsp3) is 0.333. The summed E-state index contributed by atoms with van der Waals surface area (Å²) in [6.45, 7) is 3.13. The van der Waals surface area contributed by atoms with Gasteiger partial charge in [0.1, 0.15) is 0 Å². The Kier molecular flexibility index (Phi) is 2.71. The van der Waals surface area contributed by atoms with Crippen molar-refractivity contribution < 1.29 is 0 Å². The topological polar surface area (TPSA) is 3.24 Å². The van der Waals surface area contributed by atoms with E-state index in [4.69, 9.17) is 12.6 Å². The molecule has 59 valence electrons. The predicted octanol–water partition coefficient (Wildman–Crippen LogP) is 2.70. The molecule has 0 N–H and O–H groups in total. The molecule has 0 aliphatic carbocycles. The first-order valence-corrected chi connectivity index (χ1v) is 4.13. The highest BCUT2D eigenvalue weighted by Crippen LogP contribution is 2.16. The summed E-state index contributed by atoms with van der Waals surface area (Å²) in [5.74, 6) is 0. The summed E-state index contributed by atoms with van der Waals surface area (Å²) in [5.41, 5.74) is 1.19. The summed E-state index contributed by atoms with van der Waals surface area (Å²) in [5, 5.41) is 0. The van der Waals surface area contributed by atoms with Gasteiger partial charge in [-0.1, -0.05) is 18.7 Å². The fourth-order valence-corrected chi connectivity index (χ4v) is 1.10. The minimum absolute atomic E-state index is 0.905. The predicted molar refractivity (Wildman–Crippen MR) is 51.2 cm³/mol. The van der Waals surface area contributed by atoms with Gasteiger partial charge in [-0.05, 0) is 25.1 Å². The minimum atomic E-state index is 0.905. The molecule has 0 saturated heterocycles. The molecule has 1 nitrogen and oxygen atoms in total. The average Bonchev–Trinajstić information content (AvgIpc) is 2.03. The van der Waals surface area contributed by atoms with Crippen molar-refractivity contribution in [3.05, 3.63) is 24.3 Å². The molecule has 0 aliphatic heterocycles. The molecule has 0 atom stereocenters. The van der Waals surface area contributed by atoms with E-state index in [1.54, 1.807) is 0 Å². The molecule has 2 heteroatoms. The number of hydrogen-bond donors (Lipinski definition) is 0. The molecule has 0 aliphatic rings. The standard InChI is InChI=1S/C9H12NS/c1-3-10(2)8-5-4-6-9(11)7-8/h4-7H,3H2,1-2H3. The van der Waals surface area contributed by atoms with Crippen LogP contribution in [0.5, 0.6) is 0 Å². The maximum atomic E-state index is 5.04. The quantitative estimate of drug-likeness (QED) is 0.653. The van der Waals surface area contributed by atoms with Gasteiger partial charge in [0.15, 0.2) is 0 Å². The summed E-state index contributed by atoms with van der Waals surface area (Å²) in [6, 6.07) is 8.00. The highest BCUT2D eigenvalue weighted by atomic mass is 32.1. The Bertz CT molecular complexity index is 235. The molecule has 1 rings (SSSR count). The van der Waals surface area contributed by atoms with Crippen molar-refractivity contribution in [2.45, 2.75) is 11.8 Å². The van der Waals surface area contributed by atoms with Crippen molar-refractivity contribution in [3.8, 4) is 0 Å². The van der Waals surface area contributed by atoms with Crippen molar-refractivity contribution in [1.29, 1.82) is 0 Å². The highest BCUT2D eigenvalue weighted by molar-refractivity contribution is 7.80.